The van der Waals surface area contributed by atoms with Crippen molar-refractivity contribution in [2.24, 2.45) is 0 Å². The van der Waals surface area contributed by atoms with E-state index >= 15 is 0 Å². The Balaban J connectivity index is 2.53. The summed E-state index contributed by atoms with van der Waals surface area (Å²) < 4.78 is 0. The second kappa shape index (κ2) is 4.63. The van der Waals surface area contributed by atoms with Gasteiger partial charge in [-0.05, 0) is 19.1 Å². The van der Waals surface area contributed by atoms with Crippen molar-refractivity contribution in [3.05, 3.63) is 39.8 Å². The minimum absolute atomic E-state index is 0.0396. The number of fused-ring (bicyclic) bond motifs is 1. The van der Waals surface area contributed by atoms with Crippen LogP contribution < -0.4 is 5.32 Å². The zero-order chi connectivity index (χ0) is 13.3. The highest BCUT2D eigenvalue weighted by atomic mass is 35.5. The molecule has 0 spiro atoms. The zero-order valence-electron chi connectivity index (χ0n) is 9.58. The molecule has 0 aliphatic heterocycles. The lowest BCUT2D eigenvalue weighted by molar-refractivity contribution is 0.0971. The van der Waals surface area contributed by atoms with E-state index in [1.807, 2.05) is 0 Å². The number of hydrogen-bond acceptors (Lipinski definition) is 4. The van der Waals surface area contributed by atoms with Gasteiger partial charge in [0.05, 0.1) is 12.1 Å². The summed E-state index contributed by atoms with van der Waals surface area (Å²) in [5, 5.41) is 2.50. The summed E-state index contributed by atoms with van der Waals surface area (Å²) in [7, 11) is 0. The first-order valence-electron chi connectivity index (χ1n) is 5.20. The van der Waals surface area contributed by atoms with Crippen LogP contribution in [-0.4, -0.2) is 23.1 Å². The molecule has 0 bridgehead atoms. The quantitative estimate of drug-likeness (QED) is 0.818. The molecule has 1 heterocycles. The lowest BCUT2D eigenvalue weighted by Gasteiger charge is -2.17. The Hall–Kier alpha value is -2.12. The minimum Gasteiger partial charge on any atom is -0.370 e. The van der Waals surface area contributed by atoms with Gasteiger partial charge in [0.25, 0.3) is 0 Å². The van der Waals surface area contributed by atoms with Gasteiger partial charge in [-0.2, -0.15) is 0 Å². The topological polar surface area (TPSA) is 59.1 Å². The normalized spacial score (nSPS) is 14.3. The van der Waals surface area contributed by atoms with Crippen molar-refractivity contribution in [2.75, 3.05) is 6.54 Å². The lowest BCUT2D eigenvalue weighted by atomic mass is 9.96. The van der Waals surface area contributed by atoms with Gasteiger partial charge in [0, 0.05) is 5.69 Å². The molecule has 18 heavy (non-hydrogen) atoms. The maximum absolute atomic E-state index is 12.1. The van der Waals surface area contributed by atoms with E-state index in [1.54, 1.807) is 19.1 Å². The largest absolute Gasteiger partial charge is 0.370 e. The highest BCUT2D eigenvalue weighted by molar-refractivity contribution is 6.49. The van der Waals surface area contributed by atoms with Gasteiger partial charge in [0.2, 0.25) is 11.6 Å². The first-order valence-corrected chi connectivity index (χ1v) is 5.58. The lowest BCUT2D eigenvalue weighted by Crippen LogP contribution is -2.30. The third kappa shape index (κ3) is 1.89. The molecule has 0 radical (unpaired) electrons. The molecule has 1 aromatic rings. The van der Waals surface area contributed by atoms with E-state index in [9.17, 15) is 9.59 Å². The van der Waals surface area contributed by atoms with E-state index in [0.717, 1.165) is 0 Å². The Kier molecular flexibility index (Phi) is 3.17. The van der Waals surface area contributed by atoms with Crippen molar-refractivity contribution in [3.63, 3.8) is 0 Å². The van der Waals surface area contributed by atoms with Crippen LogP contribution >= 0.6 is 11.6 Å². The summed E-state index contributed by atoms with van der Waals surface area (Å²) >= 11 is 5.88. The van der Waals surface area contributed by atoms with Crippen LogP contribution in [0.4, 0.5) is 0 Å². The fourth-order valence-electron chi connectivity index (χ4n) is 1.66. The van der Waals surface area contributed by atoms with Gasteiger partial charge >= 0.3 is 0 Å². The number of rotatable bonds is 2. The van der Waals surface area contributed by atoms with E-state index in [4.69, 9.17) is 18.0 Å². The molecule has 1 aliphatic rings. The standard InChI is InChI=1S/C13H9ClN2O2/c1-3-6-15-11-9(14)13(18)10-8(12(11)17)5-4-7(2)16-10/h1,4-5,15H,6H2,2H3. The van der Waals surface area contributed by atoms with Gasteiger partial charge < -0.3 is 5.32 Å². The summed E-state index contributed by atoms with van der Waals surface area (Å²) in [5.74, 6) is 1.49. The number of allylic oxidation sites excluding steroid dienone is 2. The number of halogens is 1. The molecule has 0 saturated carbocycles. The van der Waals surface area contributed by atoms with Crippen LogP contribution in [0.3, 0.4) is 0 Å². The van der Waals surface area contributed by atoms with Crippen LogP contribution in [0.25, 0.3) is 0 Å². The predicted octanol–water partition coefficient (Wildman–Crippen LogP) is 1.44. The number of terminal acetylenes is 1. The first kappa shape index (κ1) is 12.3. The smallest absolute Gasteiger partial charge is 0.225 e. The Morgan fingerprint density at radius 1 is 1.39 bits per heavy atom. The fourth-order valence-corrected chi connectivity index (χ4v) is 1.90. The third-order valence-corrected chi connectivity index (χ3v) is 2.87. The van der Waals surface area contributed by atoms with Crippen LogP contribution in [0.15, 0.2) is 22.9 Å². The zero-order valence-corrected chi connectivity index (χ0v) is 10.3. The Bertz CT molecular complexity index is 626. The molecule has 4 nitrogen and oxygen atoms in total. The molecule has 0 amide bonds. The predicted molar refractivity (Wildman–Crippen MR) is 67.3 cm³/mol. The summed E-state index contributed by atoms with van der Waals surface area (Å²) in [6, 6.07) is 3.24. The van der Waals surface area contributed by atoms with Gasteiger partial charge in [-0.3, -0.25) is 9.59 Å². The van der Waals surface area contributed by atoms with Crippen molar-refractivity contribution >= 4 is 23.2 Å². The molecule has 0 unspecified atom stereocenters. The molecule has 0 fully saturated rings. The maximum atomic E-state index is 12.1. The summed E-state index contributed by atoms with van der Waals surface area (Å²) in [6.07, 6.45) is 5.10. The number of pyridine rings is 1. The average molecular weight is 261 g/mol. The van der Waals surface area contributed by atoms with Gasteiger partial charge in [0.1, 0.15) is 16.4 Å². The number of aryl methyl sites for hydroxylation is 1. The number of aromatic nitrogens is 1. The van der Waals surface area contributed by atoms with Crippen molar-refractivity contribution in [1.29, 1.82) is 0 Å². The molecule has 90 valence electrons. The molecule has 1 aliphatic carbocycles. The first-order chi connectivity index (χ1) is 8.56. The molecule has 0 saturated heterocycles. The molecular weight excluding hydrogens is 252 g/mol. The van der Waals surface area contributed by atoms with Gasteiger partial charge in [-0.1, -0.05) is 17.5 Å². The van der Waals surface area contributed by atoms with Crippen molar-refractivity contribution in [3.8, 4) is 12.3 Å². The number of nitrogens with zero attached hydrogens (tertiary/aromatic N) is 1. The molecule has 0 aromatic carbocycles. The molecule has 0 atom stereocenters. The fraction of sp³-hybridized carbons (Fsp3) is 0.154. The van der Waals surface area contributed by atoms with Crippen molar-refractivity contribution < 1.29 is 9.59 Å². The van der Waals surface area contributed by atoms with Gasteiger partial charge in [-0.25, -0.2) is 4.98 Å². The highest BCUT2D eigenvalue weighted by Gasteiger charge is 2.32. The average Bonchev–Trinajstić information content (AvgIpc) is 2.36. The van der Waals surface area contributed by atoms with Crippen LogP contribution in [0.5, 0.6) is 0 Å². The van der Waals surface area contributed by atoms with Crippen molar-refractivity contribution in [2.45, 2.75) is 6.92 Å². The Labute approximate surface area is 109 Å². The molecule has 5 heteroatoms. The number of carbonyl (C=O) groups excluding carboxylic acids is 2. The van der Waals surface area contributed by atoms with Crippen LogP contribution in [0, 0.1) is 19.3 Å². The molecule has 2 rings (SSSR count). The summed E-state index contributed by atoms with van der Waals surface area (Å²) in [4.78, 5) is 28.2. The van der Waals surface area contributed by atoms with Crippen molar-refractivity contribution in [1.82, 2.24) is 10.3 Å². The Morgan fingerprint density at radius 3 is 2.78 bits per heavy atom. The molecule has 1 aromatic heterocycles. The number of nitrogens with one attached hydrogen (secondary N) is 1. The van der Waals surface area contributed by atoms with Gasteiger partial charge in [-0.15, -0.1) is 6.42 Å². The SMILES string of the molecule is C#CCNC1=C(Cl)C(=O)c2nc(C)ccc2C1=O. The highest BCUT2D eigenvalue weighted by Crippen LogP contribution is 2.26. The second-order valence-corrected chi connectivity index (χ2v) is 4.13. The van der Waals surface area contributed by atoms with E-state index < -0.39 is 5.78 Å². The van der Waals surface area contributed by atoms with E-state index in [1.165, 1.54) is 0 Å². The summed E-state index contributed by atoms with van der Waals surface area (Å²) in [5.41, 5.74) is 1.03. The van der Waals surface area contributed by atoms with Crippen LogP contribution in [0.2, 0.25) is 0 Å². The minimum atomic E-state index is -0.463. The monoisotopic (exact) mass is 260 g/mol. The molecule has 1 N–H and O–H groups in total. The van der Waals surface area contributed by atoms with E-state index in [0.29, 0.717) is 5.69 Å². The Morgan fingerprint density at radius 2 is 2.11 bits per heavy atom. The van der Waals surface area contributed by atoms with Crippen LogP contribution in [-0.2, 0) is 0 Å². The van der Waals surface area contributed by atoms with Crippen LogP contribution in [0.1, 0.15) is 26.5 Å². The second-order valence-electron chi connectivity index (χ2n) is 3.75. The van der Waals surface area contributed by atoms with E-state index in [-0.39, 0.29) is 34.3 Å². The number of ketones is 2. The molecular formula is C13H9ClN2O2. The maximum Gasteiger partial charge on any atom is 0.225 e. The van der Waals surface area contributed by atoms with E-state index in [2.05, 4.69) is 16.2 Å². The number of Topliss-reactive ketones (excluding diaryl/α,β-unsaturated/α-hetero) is 2. The number of hydrogen-bond donors (Lipinski definition) is 1. The van der Waals surface area contributed by atoms with Gasteiger partial charge in [0.15, 0.2) is 0 Å². The third-order valence-electron chi connectivity index (χ3n) is 2.51. The number of carbonyl (C=O) groups is 2. The summed E-state index contributed by atoms with van der Waals surface area (Å²) in [6.45, 7) is 1.86.